The van der Waals surface area contributed by atoms with Crippen LogP contribution in [0.15, 0.2) is 30.3 Å². The molecule has 0 heterocycles. The van der Waals surface area contributed by atoms with Crippen molar-refractivity contribution in [1.29, 1.82) is 0 Å². The molecular weight excluding hydrogens is 268 g/mol. The first-order valence-electron chi connectivity index (χ1n) is 7.32. The number of hydrogen-bond acceptors (Lipinski definition) is 4. The molecule has 0 atom stereocenters. The van der Waals surface area contributed by atoms with Crippen molar-refractivity contribution >= 4 is 5.57 Å². The number of ether oxygens (including phenoxy) is 4. The van der Waals surface area contributed by atoms with Crippen molar-refractivity contribution in [1.82, 2.24) is 0 Å². The van der Waals surface area contributed by atoms with Crippen molar-refractivity contribution in [2.45, 2.75) is 13.8 Å². The lowest BCUT2D eigenvalue weighted by Gasteiger charge is -2.06. The molecule has 0 unspecified atom stereocenters. The second-order valence-electron chi connectivity index (χ2n) is 4.50. The summed E-state index contributed by atoms with van der Waals surface area (Å²) in [6.45, 7) is 7.83. The first kappa shape index (κ1) is 17.7. The summed E-state index contributed by atoms with van der Waals surface area (Å²) < 4.78 is 21.2. The van der Waals surface area contributed by atoms with Crippen LogP contribution in [0.1, 0.15) is 19.4 Å². The zero-order valence-electron chi connectivity index (χ0n) is 13.3. The minimum atomic E-state index is 0.590. The van der Waals surface area contributed by atoms with Crippen molar-refractivity contribution < 1.29 is 18.9 Å². The minimum absolute atomic E-state index is 0.590. The van der Waals surface area contributed by atoms with Gasteiger partial charge in [0.2, 0.25) is 0 Å². The molecule has 0 aliphatic rings. The Labute approximate surface area is 127 Å². The van der Waals surface area contributed by atoms with Crippen LogP contribution in [-0.2, 0) is 14.2 Å². The molecule has 0 aliphatic carbocycles. The SMILES string of the molecule is CCOCCOCCOCC=C(C)c1ccc(OC)cc1. The fraction of sp³-hybridized carbons (Fsp3) is 0.529. The normalized spacial score (nSPS) is 11.7. The summed E-state index contributed by atoms with van der Waals surface area (Å²) in [6, 6.07) is 8.00. The minimum Gasteiger partial charge on any atom is -0.497 e. The molecule has 0 radical (unpaired) electrons. The number of methoxy groups -OCH3 is 1. The van der Waals surface area contributed by atoms with E-state index in [1.54, 1.807) is 7.11 Å². The van der Waals surface area contributed by atoms with Gasteiger partial charge in [-0.25, -0.2) is 0 Å². The van der Waals surface area contributed by atoms with Gasteiger partial charge in [-0.1, -0.05) is 18.2 Å². The van der Waals surface area contributed by atoms with Gasteiger partial charge in [-0.15, -0.1) is 0 Å². The van der Waals surface area contributed by atoms with Crippen LogP contribution in [0.4, 0.5) is 0 Å². The second kappa shape index (κ2) is 11.3. The van der Waals surface area contributed by atoms with Gasteiger partial charge in [0.15, 0.2) is 0 Å². The summed E-state index contributed by atoms with van der Waals surface area (Å²) in [6.07, 6.45) is 2.07. The van der Waals surface area contributed by atoms with E-state index in [1.807, 2.05) is 31.2 Å². The third-order valence-electron chi connectivity index (χ3n) is 3.00. The Morgan fingerprint density at radius 3 is 2.19 bits per heavy atom. The van der Waals surface area contributed by atoms with Crippen molar-refractivity contribution in [3.05, 3.63) is 35.9 Å². The van der Waals surface area contributed by atoms with E-state index in [2.05, 4.69) is 13.0 Å². The van der Waals surface area contributed by atoms with E-state index in [0.29, 0.717) is 33.0 Å². The summed E-state index contributed by atoms with van der Waals surface area (Å²) in [5, 5.41) is 0. The molecule has 1 rings (SSSR count). The predicted octanol–water partition coefficient (Wildman–Crippen LogP) is 3.17. The highest BCUT2D eigenvalue weighted by Gasteiger charge is 1.96. The van der Waals surface area contributed by atoms with Crippen molar-refractivity contribution in [3.8, 4) is 5.75 Å². The zero-order valence-corrected chi connectivity index (χ0v) is 13.3. The third kappa shape index (κ3) is 7.85. The largest absolute Gasteiger partial charge is 0.497 e. The van der Waals surface area contributed by atoms with E-state index >= 15 is 0 Å². The van der Waals surface area contributed by atoms with Gasteiger partial charge in [0.1, 0.15) is 5.75 Å². The van der Waals surface area contributed by atoms with E-state index in [-0.39, 0.29) is 0 Å². The monoisotopic (exact) mass is 294 g/mol. The molecule has 0 bridgehead atoms. The molecule has 0 spiro atoms. The molecule has 0 saturated carbocycles. The molecule has 4 nitrogen and oxygen atoms in total. The van der Waals surface area contributed by atoms with Gasteiger partial charge in [-0.3, -0.25) is 0 Å². The maximum atomic E-state index is 5.51. The molecular formula is C17H26O4. The van der Waals surface area contributed by atoms with E-state index < -0.39 is 0 Å². The molecule has 4 heteroatoms. The number of allylic oxidation sites excluding steroid dienone is 1. The average molecular weight is 294 g/mol. The van der Waals surface area contributed by atoms with Crippen LogP contribution < -0.4 is 4.74 Å². The second-order valence-corrected chi connectivity index (χ2v) is 4.50. The average Bonchev–Trinajstić information content (AvgIpc) is 2.53. The number of hydrogen-bond donors (Lipinski definition) is 0. The summed E-state index contributed by atoms with van der Waals surface area (Å²) in [5.41, 5.74) is 2.36. The van der Waals surface area contributed by atoms with Crippen LogP contribution in [-0.4, -0.2) is 46.8 Å². The smallest absolute Gasteiger partial charge is 0.118 e. The summed E-state index contributed by atoms with van der Waals surface area (Å²) in [5.74, 6) is 0.868. The summed E-state index contributed by atoms with van der Waals surface area (Å²) >= 11 is 0. The molecule has 0 aromatic heterocycles. The van der Waals surface area contributed by atoms with E-state index in [0.717, 1.165) is 12.4 Å². The van der Waals surface area contributed by atoms with Crippen molar-refractivity contribution in [2.24, 2.45) is 0 Å². The Kier molecular flexibility index (Phi) is 9.53. The Hall–Kier alpha value is -1.36. The molecule has 1 aromatic carbocycles. The molecule has 0 amide bonds. The van der Waals surface area contributed by atoms with E-state index in [1.165, 1.54) is 11.1 Å². The predicted molar refractivity (Wildman–Crippen MR) is 84.8 cm³/mol. The summed E-state index contributed by atoms with van der Waals surface area (Å²) in [7, 11) is 1.67. The molecule has 0 aliphatic heterocycles. The van der Waals surface area contributed by atoms with Crippen LogP contribution in [0.3, 0.4) is 0 Å². The standard InChI is InChI=1S/C17H26O4/c1-4-19-11-12-21-14-13-20-10-9-15(2)16-5-7-17(18-3)8-6-16/h5-9H,4,10-14H2,1-3H3. The Bertz CT molecular complexity index is 398. The number of benzene rings is 1. The highest BCUT2D eigenvalue weighted by Crippen LogP contribution is 2.17. The maximum Gasteiger partial charge on any atom is 0.118 e. The first-order chi connectivity index (χ1) is 10.3. The van der Waals surface area contributed by atoms with Crippen LogP contribution in [0.25, 0.3) is 5.57 Å². The van der Waals surface area contributed by atoms with Gasteiger partial charge < -0.3 is 18.9 Å². The van der Waals surface area contributed by atoms with Gasteiger partial charge in [0.05, 0.1) is 40.1 Å². The molecule has 1 aromatic rings. The topological polar surface area (TPSA) is 36.9 Å². The quantitative estimate of drug-likeness (QED) is 0.587. The van der Waals surface area contributed by atoms with Gasteiger partial charge in [-0.05, 0) is 37.1 Å². The molecule has 0 saturated heterocycles. The van der Waals surface area contributed by atoms with Crippen molar-refractivity contribution in [2.75, 3.05) is 46.8 Å². The zero-order chi connectivity index (χ0) is 15.3. The van der Waals surface area contributed by atoms with E-state index in [9.17, 15) is 0 Å². The Balaban J connectivity index is 2.14. The molecule has 21 heavy (non-hydrogen) atoms. The third-order valence-corrected chi connectivity index (χ3v) is 3.00. The van der Waals surface area contributed by atoms with E-state index in [4.69, 9.17) is 18.9 Å². The van der Waals surface area contributed by atoms with Crippen LogP contribution in [0, 0.1) is 0 Å². The molecule has 0 fully saturated rings. The van der Waals surface area contributed by atoms with Gasteiger partial charge in [-0.2, -0.15) is 0 Å². The van der Waals surface area contributed by atoms with Gasteiger partial charge in [0.25, 0.3) is 0 Å². The molecule has 118 valence electrons. The fourth-order valence-electron chi connectivity index (χ4n) is 1.72. The number of rotatable bonds is 11. The van der Waals surface area contributed by atoms with Crippen LogP contribution in [0.2, 0.25) is 0 Å². The van der Waals surface area contributed by atoms with Crippen LogP contribution in [0.5, 0.6) is 5.75 Å². The first-order valence-corrected chi connectivity index (χ1v) is 7.32. The maximum absolute atomic E-state index is 5.51. The fourth-order valence-corrected chi connectivity index (χ4v) is 1.72. The van der Waals surface area contributed by atoms with Gasteiger partial charge >= 0.3 is 0 Å². The summed E-state index contributed by atoms with van der Waals surface area (Å²) in [4.78, 5) is 0. The lowest BCUT2D eigenvalue weighted by atomic mass is 10.1. The lowest BCUT2D eigenvalue weighted by molar-refractivity contribution is 0.0223. The molecule has 0 N–H and O–H groups in total. The Morgan fingerprint density at radius 2 is 1.57 bits per heavy atom. The van der Waals surface area contributed by atoms with Crippen molar-refractivity contribution in [3.63, 3.8) is 0 Å². The van der Waals surface area contributed by atoms with Crippen LogP contribution >= 0.6 is 0 Å². The lowest BCUT2D eigenvalue weighted by Crippen LogP contribution is -2.09. The highest BCUT2D eigenvalue weighted by atomic mass is 16.5. The highest BCUT2D eigenvalue weighted by molar-refractivity contribution is 5.64. The van der Waals surface area contributed by atoms with Gasteiger partial charge in [0, 0.05) is 6.61 Å². The Morgan fingerprint density at radius 1 is 0.952 bits per heavy atom.